The first-order chi connectivity index (χ1) is 37.2. The van der Waals surface area contributed by atoms with E-state index in [-0.39, 0.29) is 0 Å². The molecule has 0 N–H and O–H groups in total. The zero-order valence-electron chi connectivity index (χ0n) is 40.9. The van der Waals surface area contributed by atoms with Crippen LogP contribution in [-0.2, 0) is 10.8 Å². The SMILES string of the molecule is c1ccc2c(c1)-c1ccccc1-c1ccc(N(c3ccc4c(c3)C3(c5ccccc5-c5ccccc53)c3ccccc3-4)c3cccc4c3-c3ccccc3C43c4ccccc4-c4ccccc43)cc1-c1ccccc1-2. The van der Waals surface area contributed by atoms with Gasteiger partial charge in [0.25, 0.3) is 0 Å². The number of hydrogen-bond acceptors (Lipinski definition) is 1. The van der Waals surface area contributed by atoms with E-state index < -0.39 is 10.8 Å². The molecular weight excluding hydrogens is 903 g/mol. The minimum atomic E-state index is -0.505. The Labute approximate surface area is 437 Å². The van der Waals surface area contributed by atoms with Crippen molar-refractivity contribution >= 4 is 17.1 Å². The van der Waals surface area contributed by atoms with Crippen LogP contribution in [0.15, 0.2) is 273 Å². The molecule has 0 aromatic heterocycles. The standard InChI is InChI=1S/C74H45N/c1-2-21-49-48(20-1)50-22-3-4-24-52(50)54-42-40-46(44-62(54)53-25-6-5-23-51(49)53)75(47-41-43-60-59-30-11-17-36-67(59)74(70(60)45-47)65-34-15-9-28-57(65)58-29-10-16-35-66(58)74)71-39-19-38-69-72(71)61-31-12-18-37-68(61)73(69)63-32-13-7-26-55(63)56-27-8-14-33-64(56)73/h1-45H. The molecule has 17 rings (SSSR count). The Kier molecular flexibility index (Phi) is 8.20. The van der Waals surface area contributed by atoms with Gasteiger partial charge in [-0.2, -0.15) is 0 Å². The lowest BCUT2D eigenvalue weighted by Crippen LogP contribution is -2.26. The summed E-state index contributed by atoms with van der Waals surface area (Å²) in [6.45, 7) is 0. The van der Waals surface area contributed by atoms with E-state index in [1.807, 2.05) is 0 Å². The molecule has 0 heterocycles. The van der Waals surface area contributed by atoms with E-state index in [1.54, 1.807) is 0 Å². The Balaban J connectivity index is 0.983. The van der Waals surface area contributed by atoms with Gasteiger partial charge in [-0.15, -0.1) is 0 Å². The first kappa shape index (κ1) is 41.0. The first-order valence-electron chi connectivity index (χ1n) is 26.3. The highest BCUT2D eigenvalue weighted by molar-refractivity contribution is 6.06. The van der Waals surface area contributed by atoms with Crippen molar-refractivity contribution in [2.75, 3.05) is 4.90 Å². The van der Waals surface area contributed by atoms with Crippen molar-refractivity contribution in [3.8, 4) is 89.0 Å². The minimum absolute atomic E-state index is 0.496. The average molecular weight is 948 g/mol. The predicted molar refractivity (Wildman–Crippen MR) is 309 cm³/mol. The largest absolute Gasteiger partial charge is 0.310 e. The fourth-order valence-corrected chi connectivity index (χ4v) is 14.9. The Morgan fingerprint density at radius 1 is 0.187 bits per heavy atom. The maximum Gasteiger partial charge on any atom is 0.0726 e. The summed E-state index contributed by atoms with van der Waals surface area (Å²) in [5, 5.41) is 0. The molecule has 0 saturated carbocycles. The lowest BCUT2D eigenvalue weighted by atomic mass is 9.70. The van der Waals surface area contributed by atoms with Crippen LogP contribution in [0.3, 0.4) is 0 Å². The average Bonchev–Trinajstić information content (AvgIpc) is 4.21. The van der Waals surface area contributed by atoms with Crippen molar-refractivity contribution in [3.05, 3.63) is 317 Å². The van der Waals surface area contributed by atoms with E-state index in [1.165, 1.54) is 134 Å². The maximum atomic E-state index is 2.60. The van der Waals surface area contributed by atoms with E-state index in [0.717, 1.165) is 17.1 Å². The Morgan fingerprint density at radius 3 is 0.893 bits per heavy atom. The van der Waals surface area contributed by atoms with Crippen molar-refractivity contribution in [2.45, 2.75) is 10.8 Å². The second-order valence-electron chi connectivity index (χ2n) is 20.9. The summed E-state index contributed by atoms with van der Waals surface area (Å²) in [6.07, 6.45) is 0. The van der Waals surface area contributed by atoms with Gasteiger partial charge in [0, 0.05) is 16.9 Å². The summed E-state index contributed by atoms with van der Waals surface area (Å²) < 4.78 is 0. The number of hydrogen-bond donors (Lipinski definition) is 0. The van der Waals surface area contributed by atoms with Crippen LogP contribution in [-0.4, -0.2) is 0 Å². The van der Waals surface area contributed by atoms with Gasteiger partial charge in [-0.1, -0.05) is 243 Å². The van der Waals surface area contributed by atoms with Gasteiger partial charge in [-0.25, -0.2) is 0 Å². The zero-order valence-corrected chi connectivity index (χ0v) is 40.9. The highest BCUT2D eigenvalue weighted by Gasteiger charge is 2.54. The highest BCUT2D eigenvalue weighted by atomic mass is 15.1. The molecule has 0 fully saturated rings. The lowest BCUT2D eigenvalue weighted by Gasteiger charge is -2.34. The second kappa shape index (κ2) is 15.0. The van der Waals surface area contributed by atoms with Crippen LogP contribution in [0, 0.1) is 0 Å². The molecule has 0 amide bonds. The Bertz CT molecular complexity index is 4340. The molecule has 1 nitrogen and oxygen atoms in total. The summed E-state index contributed by atoms with van der Waals surface area (Å²) in [7, 11) is 0. The van der Waals surface area contributed by atoms with Gasteiger partial charge < -0.3 is 4.90 Å². The normalized spacial score (nSPS) is 14.1. The van der Waals surface area contributed by atoms with Gasteiger partial charge in [0.05, 0.1) is 16.5 Å². The van der Waals surface area contributed by atoms with E-state index in [2.05, 4.69) is 278 Å². The van der Waals surface area contributed by atoms with Crippen molar-refractivity contribution in [1.29, 1.82) is 0 Å². The maximum absolute atomic E-state index is 2.60. The van der Waals surface area contributed by atoms with Crippen LogP contribution in [0.4, 0.5) is 17.1 Å². The summed E-state index contributed by atoms with van der Waals surface area (Å²) in [6, 6.07) is 104. The highest BCUT2D eigenvalue weighted by Crippen LogP contribution is 2.67. The molecule has 0 bridgehead atoms. The van der Waals surface area contributed by atoms with Gasteiger partial charge >= 0.3 is 0 Å². The number of benzene rings is 12. The monoisotopic (exact) mass is 947 g/mol. The van der Waals surface area contributed by atoms with Gasteiger partial charge in [0.2, 0.25) is 0 Å². The molecular formula is C74H45N. The van der Waals surface area contributed by atoms with Crippen LogP contribution >= 0.6 is 0 Å². The molecule has 0 unspecified atom stereocenters. The van der Waals surface area contributed by atoms with Crippen molar-refractivity contribution in [3.63, 3.8) is 0 Å². The van der Waals surface area contributed by atoms with Crippen LogP contribution in [0.5, 0.6) is 0 Å². The first-order valence-corrected chi connectivity index (χ1v) is 26.3. The van der Waals surface area contributed by atoms with E-state index in [9.17, 15) is 0 Å². The van der Waals surface area contributed by atoms with Crippen LogP contribution in [0.1, 0.15) is 44.5 Å². The molecule has 75 heavy (non-hydrogen) atoms. The van der Waals surface area contributed by atoms with Gasteiger partial charge in [0.1, 0.15) is 0 Å². The summed E-state index contributed by atoms with van der Waals surface area (Å²) in [4.78, 5) is 2.60. The predicted octanol–water partition coefficient (Wildman–Crippen LogP) is 18.8. The van der Waals surface area contributed by atoms with Crippen molar-refractivity contribution in [2.24, 2.45) is 0 Å². The summed E-state index contributed by atoms with van der Waals surface area (Å²) >= 11 is 0. The van der Waals surface area contributed by atoms with Crippen LogP contribution in [0.2, 0.25) is 0 Å². The number of nitrogens with zero attached hydrogens (tertiary/aromatic N) is 1. The van der Waals surface area contributed by atoms with Gasteiger partial charge in [-0.3, -0.25) is 0 Å². The van der Waals surface area contributed by atoms with Crippen molar-refractivity contribution in [1.82, 2.24) is 0 Å². The summed E-state index contributed by atoms with van der Waals surface area (Å²) in [5.41, 5.74) is 33.2. The number of fused-ring (bicyclic) bond motifs is 28. The molecule has 5 aliphatic rings. The molecule has 1 heteroatoms. The molecule has 0 radical (unpaired) electrons. The molecule has 12 aromatic rings. The van der Waals surface area contributed by atoms with Crippen LogP contribution < -0.4 is 4.90 Å². The molecule has 12 aromatic carbocycles. The zero-order chi connectivity index (χ0) is 49.0. The number of anilines is 3. The second-order valence-corrected chi connectivity index (χ2v) is 20.9. The molecule has 346 valence electrons. The fraction of sp³-hybridized carbons (Fsp3) is 0.0270. The Hall–Kier alpha value is -9.56. The molecule has 0 saturated heterocycles. The van der Waals surface area contributed by atoms with Crippen LogP contribution in [0.25, 0.3) is 89.0 Å². The third-order valence-electron chi connectivity index (χ3n) is 17.7. The van der Waals surface area contributed by atoms with Gasteiger partial charge in [0.15, 0.2) is 0 Å². The molecule has 0 atom stereocenters. The molecule has 0 aliphatic heterocycles. The third-order valence-corrected chi connectivity index (χ3v) is 17.7. The van der Waals surface area contributed by atoms with E-state index in [0.29, 0.717) is 0 Å². The molecule has 2 spiro atoms. The quantitative estimate of drug-likeness (QED) is 0.171. The van der Waals surface area contributed by atoms with E-state index >= 15 is 0 Å². The number of rotatable bonds is 3. The lowest BCUT2D eigenvalue weighted by molar-refractivity contribution is 0.793. The third kappa shape index (κ3) is 5.12. The fourth-order valence-electron chi connectivity index (χ4n) is 14.9. The molecule has 5 aliphatic carbocycles. The van der Waals surface area contributed by atoms with E-state index in [4.69, 9.17) is 0 Å². The Morgan fingerprint density at radius 2 is 0.467 bits per heavy atom. The summed E-state index contributed by atoms with van der Waals surface area (Å²) in [5.74, 6) is 0. The smallest absolute Gasteiger partial charge is 0.0726 e. The van der Waals surface area contributed by atoms with Gasteiger partial charge in [-0.05, 0) is 158 Å². The van der Waals surface area contributed by atoms with Crippen molar-refractivity contribution < 1.29 is 0 Å². The minimum Gasteiger partial charge on any atom is -0.310 e. The topological polar surface area (TPSA) is 3.24 Å².